The van der Waals surface area contributed by atoms with Crippen molar-refractivity contribution in [3.05, 3.63) is 30.1 Å². The highest BCUT2D eigenvalue weighted by Crippen LogP contribution is 2.26. The molecule has 114 valence electrons. The topological polar surface area (TPSA) is 75.6 Å². The van der Waals surface area contributed by atoms with Gasteiger partial charge in [-0.05, 0) is 49.9 Å². The molecule has 5 nitrogen and oxygen atoms in total. The smallest absolute Gasteiger partial charge is 0.306 e. The summed E-state index contributed by atoms with van der Waals surface area (Å²) in [7, 11) is 0. The molecule has 0 heterocycles. The normalized spacial score (nSPS) is 21.8. The van der Waals surface area contributed by atoms with Crippen molar-refractivity contribution in [1.82, 2.24) is 0 Å². The summed E-state index contributed by atoms with van der Waals surface area (Å²) in [6.45, 7) is -0.0836. The van der Waals surface area contributed by atoms with E-state index in [9.17, 15) is 14.0 Å². The Hall–Kier alpha value is -1.95. The predicted octanol–water partition coefficient (Wildman–Crippen LogP) is 2.42. The maximum absolute atomic E-state index is 12.7. The molecular weight excluding hydrogens is 277 g/mol. The van der Waals surface area contributed by atoms with Crippen LogP contribution in [-0.4, -0.2) is 29.7 Å². The third-order valence-corrected chi connectivity index (χ3v) is 3.60. The van der Waals surface area contributed by atoms with Crippen molar-refractivity contribution in [2.24, 2.45) is 5.92 Å². The Bertz CT molecular complexity index is 495. The highest BCUT2D eigenvalue weighted by atomic mass is 19.1. The number of carbonyl (C=O) groups is 2. The second-order valence-corrected chi connectivity index (χ2v) is 5.18. The molecule has 0 aromatic heterocycles. The SMILES string of the molecule is O=C(COC1CCC(C(=O)O)CC1)Nc1ccc(F)cc1. The van der Waals surface area contributed by atoms with E-state index in [-0.39, 0.29) is 30.4 Å². The molecule has 0 atom stereocenters. The Labute approximate surface area is 122 Å². The standard InChI is InChI=1S/C15H18FNO4/c16-11-3-5-12(6-4-11)17-14(18)9-21-13-7-1-10(2-8-13)15(19)20/h3-6,10,13H,1-2,7-9H2,(H,17,18)(H,19,20). The number of hydrogen-bond donors (Lipinski definition) is 2. The van der Waals surface area contributed by atoms with Gasteiger partial charge in [-0.2, -0.15) is 0 Å². The Morgan fingerprint density at radius 2 is 1.81 bits per heavy atom. The van der Waals surface area contributed by atoms with Crippen LogP contribution in [0.25, 0.3) is 0 Å². The second kappa shape index (κ2) is 7.17. The van der Waals surface area contributed by atoms with E-state index in [1.54, 1.807) is 0 Å². The summed E-state index contributed by atoms with van der Waals surface area (Å²) in [6, 6.07) is 5.49. The predicted molar refractivity (Wildman–Crippen MR) is 74.4 cm³/mol. The number of halogens is 1. The van der Waals surface area contributed by atoms with Crippen LogP contribution in [0.4, 0.5) is 10.1 Å². The Kier molecular flexibility index (Phi) is 5.27. The third-order valence-electron chi connectivity index (χ3n) is 3.60. The third kappa shape index (κ3) is 4.82. The van der Waals surface area contributed by atoms with Gasteiger partial charge < -0.3 is 15.2 Å². The summed E-state index contributed by atoms with van der Waals surface area (Å²) in [5, 5.41) is 11.5. The molecule has 0 aliphatic heterocycles. The highest BCUT2D eigenvalue weighted by Gasteiger charge is 2.26. The lowest BCUT2D eigenvalue weighted by molar-refractivity contribution is -0.144. The fourth-order valence-electron chi connectivity index (χ4n) is 2.40. The summed E-state index contributed by atoms with van der Waals surface area (Å²) >= 11 is 0. The Morgan fingerprint density at radius 1 is 1.19 bits per heavy atom. The fourth-order valence-corrected chi connectivity index (χ4v) is 2.40. The second-order valence-electron chi connectivity index (χ2n) is 5.18. The van der Waals surface area contributed by atoms with E-state index >= 15 is 0 Å². The van der Waals surface area contributed by atoms with E-state index in [4.69, 9.17) is 9.84 Å². The maximum Gasteiger partial charge on any atom is 0.306 e. The van der Waals surface area contributed by atoms with Crippen molar-refractivity contribution < 1.29 is 23.8 Å². The first kappa shape index (κ1) is 15.4. The van der Waals surface area contributed by atoms with Gasteiger partial charge in [0.05, 0.1) is 12.0 Å². The van der Waals surface area contributed by atoms with Crippen molar-refractivity contribution in [3.63, 3.8) is 0 Å². The van der Waals surface area contributed by atoms with Crippen LogP contribution in [0.15, 0.2) is 24.3 Å². The van der Waals surface area contributed by atoms with Gasteiger partial charge in [-0.15, -0.1) is 0 Å². The van der Waals surface area contributed by atoms with Crippen molar-refractivity contribution in [2.75, 3.05) is 11.9 Å². The number of carbonyl (C=O) groups excluding carboxylic acids is 1. The monoisotopic (exact) mass is 295 g/mol. The molecule has 1 aliphatic carbocycles. The van der Waals surface area contributed by atoms with Gasteiger partial charge in [-0.1, -0.05) is 0 Å². The van der Waals surface area contributed by atoms with Crippen molar-refractivity contribution in [3.8, 4) is 0 Å². The van der Waals surface area contributed by atoms with Crippen LogP contribution in [0.2, 0.25) is 0 Å². The molecule has 2 N–H and O–H groups in total. The first-order valence-electron chi connectivity index (χ1n) is 6.94. The van der Waals surface area contributed by atoms with E-state index in [0.717, 1.165) is 0 Å². The van der Waals surface area contributed by atoms with E-state index in [1.807, 2.05) is 0 Å². The zero-order valence-electron chi connectivity index (χ0n) is 11.5. The van der Waals surface area contributed by atoms with Gasteiger partial charge in [0, 0.05) is 5.69 Å². The lowest BCUT2D eigenvalue weighted by Crippen LogP contribution is -2.29. The Morgan fingerprint density at radius 3 is 2.38 bits per heavy atom. The minimum atomic E-state index is -0.762. The molecule has 0 radical (unpaired) electrons. The fraction of sp³-hybridized carbons (Fsp3) is 0.467. The van der Waals surface area contributed by atoms with Crippen LogP contribution in [0.1, 0.15) is 25.7 Å². The number of anilines is 1. The van der Waals surface area contributed by atoms with Crippen molar-refractivity contribution in [1.29, 1.82) is 0 Å². The molecule has 2 rings (SSSR count). The molecule has 1 aromatic carbocycles. The minimum absolute atomic E-state index is 0.0698. The largest absolute Gasteiger partial charge is 0.481 e. The Balaban J connectivity index is 1.70. The van der Waals surface area contributed by atoms with Crippen molar-refractivity contribution in [2.45, 2.75) is 31.8 Å². The number of hydrogen-bond acceptors (Lipinski definition) is 3. The van der Waals surface area contributed by atoms with E-state index in [2.05, 4.69) is 5.32 Å². The quantitative estimate of drug-likeness (QED) is 0.874. The lowest BCUT2D eigenvalue weighted by Gasteiger charge is -2.25. The summed E-state index contributed by atoms with van der Waals surface area (Å²) in [4.78, 5) is 22.5. The number of carboxylic acid groups (broad SMARTS) is 1. The molecule has 0 bridgehead atoms. The average molecular weight is 295 g/mol. The molecule has 1 fully saturated rings. The van der Waals surface area contributed by atoms with E-state index in [0.29, 0.717) is 31.4 Å². The van der Waals surface area contributed by atoms with Crippen LogP contribution in [0, 0.1) is 11.7 Å². The number of rotatable bonds is 5. The van der Waals surface area contributed by atoms with Gasteiger partial charge >= 0.3 is 5.97 Å². The molecular formula is C15H18FNO4. The van der Waals surface area contributed by atoms with E-state index < -0.39 is 5.97 Å². The molecule has 21 heavy (non-hydrogen) atoms. The number of benzene rings is 1. The van der Waals surface area contributed by atoms with Crippen LogP contribution >= 0.6 is 0 Å². The van der Waals surface area contributed by atoms with Gasteiger partial charge in [0.15, 0.2) is 0 Å². The molecule has 0 saturated heterocycles. The maximum atomic E-state index is 12.7. The van der Waals surface area contributed by atoms with Crippen molar-refractivity contribution >= 4 is 17.6 Å². The zero-order chi connectivity index (χ0) is 15.2. The molecule has 1 amide bonds. The van der Waals surface area contributed by atoms with Crippen LogP contribution < -0.4 is 5.32 Å². The van der Waals surface area contributed by atoms with Gasteiger partial charge in [-0.25, -0.2) is 4.39 Å². The molecule has 1 saturated carbocycles. The van der Waals surface area contributed by atoms with Gasteiger partial charge in [0.25, 0.3) is 0 Å². The summed E-state index contributed by atoms with van der Waals surface area (Å²) in [6.07, 6.45) is 2.40. The minimum Gasteiger partial charge on any atom is -0.481 e. The summed E-state index contributed by atoms with van der Waals surface area (Å²) < 4.78 is 18.2. The number of carboxylic acids is 1. The molecule has 0 unspecified atom stereocenters. The van der Waals surface area contributed by atoms with Crippen LogP contribution in [-0.2, 0) is 14.3 Å². The lowest BCUT2D eigenvalue weighted by atomic mass is 9.87. The number of nitrogens with one attached hydrogen (secondary N) is 1. The first-order valence-corrected chi connectivity index (χ1v) is 6.94. The van der Waals surface area contributed by atoms with Gasteiger partial charge in [0.1, 0.15) is 12.4 Å². The first-order chi connectivity index (χ1) is 10.0. The van der Waals surface area contributed by atoms with Crippen LogP contribution in [0.5, 0.6) is 0 Å². The molecule has 6 heteroatoms. The molecule has 0 spiro atoms. The summed E-state index contributed by atoms with van der Waals surface area (Å²) in [5.41, 5.74) is 0.514. The van der Waals surface area contributed by atoms with Gasteiger partial charge in [-0.3, -0.25) is 9.59 Å². The number of aliphatic carboxylic acids is 1. The number of ether oxygens (including phenoxy) is 1. The highest BCUT2D eigenvalue weighted by molar-refractivity contribution is 5.91. The molecule has 1 aromatic rings. The van der Waals surface area contributed by atoms with Crippen LogP contribution in [0.3, 0.4) is 0 Å². The summed E-state index contributed by atoms with van der Waals surface area (Å²) in [5.74, 6) is -1.72. The average Bonchev–Trinajstić information content (AvgIpc) is 2.48. The number of amides is 1. The zero-order valence-corrected chi connectivity index (χ0v) is 11.5. The van der Waals surface area contributed by atoms with E-state index in [1.165, 1.54) is 24.3 Å². The van der Waals surface area contributed by atoms with Gasteiger partial charge in [0.2, 0.25) is 5.91 Å². The molecule has 1 aliphatic rings.